The minimum absolute atomic E-state index is 0.432. The van der Waals surface area contributed by atoms with Crippen molar-refractivity contribution in [1.82, 2.24) is 5.32 Å². The molecule has 0 amide bonds. The summed E-state index contributed by atoms with van der Waals surface area (Å²) in [5, 5.41) is 3.86. The van der Waals surface area contributed by atoms with E-state index in [1.54, 1.807) is 0 Å². The number of nitrogens with one attached hydrogen (secondary N) is 1. The average molecular weight is 223 g/mol. The molecule has 1 saturated heterocycles. The zero-order valence-corrected chi connectivity index (χ0v) is 10.5. The van der Waals surface area contributed by atoms with Gasteiger partial charge in [0.25, 0.3) is 0 Å². The van der Waals surface area contributed by atoms with Crippen LogP contribution in [-0.4, -0.2) is 24.8 Å². The second-order valence-corrected chi connectivity index (χ2v) is 6.10. The molecule has 0 aromatic carbocycles. The molecular weight excluding hydrogens is 198 g/mol. The van der Waals surface area contributed by atoms with Crippen molar-refractivity contribution in [1.29, 1.82) is 0 Å². The molecule has 4 unspecified atom stereocenters. The van der Waals surface area contributed by atoms with Crippen molar-refractivity contribution in [2.75, 3.05) is 6.61 Å². The van der Waals surface area contributed by atoms with Gasteiger partial charge in [-0.2, -0.15) is 0 Å². The Balaban J connectivity index is 1.50. The molecular formula is C14H25NO. The molecule has 1 N–H and O–H groups in total. The maximum Gasteiger partial charge on any atom is 0.0700 e. The molecule has 1 aliphatic heterocycles. The van der Waals surface area contributed by atoms with E-state index in [1.807, 2.05) is 0 Å². The Labute approximate surface area is 99.1 Å². The second kappa shape index (κ2) is 4.66. The Bertz CT molecular complexity index is 239. The third-order valence-corrected chi connectivity index (χ3v) is 4.83. The normalized spacial score (nSPS) is 44.8. The maximum atomic E-state index is 5.63. The van der Waals surface area contributed by atoms with Gasteiger partial charge in [-0.25, -0.2) is 0 Å². The van der Waals surface area contributed by atoms with Gasteiger partial charge in [0.1, 0.15) is 0 Å². The molecule has 16 heavy (non-hydrogen) atoms. The van der Waals surface area contributed by atoms with E-state index in [1.165, 1.54) is 44.9 Å². The van der Waals surface area contributed by atoms with E-state index in [4.69, 9.17) is 4.74 Å². The molecule has 0 bridgehead atoms. The highest BCUT2D eigenvalue weighted by Crippen LogP contribution is 2.44. The first kappa shape index (κ1) is 11.0. The van der Waals surface area contributed by atoms with Crippen LogP contribution in [0.2, 0.25) is 0 Å². The number of hydrogen-bond acceptors (Lipinski definition) is 2. The summed E-state index contributed by atoms with van der Waals surface area (Å²) in [6.45, 7) is 3.17. The van der Waals surface area contributed by atoms with Crippen molar-refractivity contribution in [3.8, 4) is 0 Å². The fraction of sp³-hybridized carbons (Fsp3) is 1.00. The highest BCUT2D eigenvalue weighted by atomic mass is 16.5. The van der Waals surface area contributed by atoms with Gasteiger partial charge in [0.2, 0.25) is 0 Å². The summed E-state index contributed by atoms with van der Waals surface area (Å²) in [6, 6.07) is 1.41. The van der Waals surface area contributed by atoms with Crippen molar-refractivity contribution >= 4 is 0 Å². The van der Waals surface area contributed by atoms with Crippen molar-refractivity contribution in [2.45, 2.75) is 70.1 Å². The van der Waals surface area contributed by atoms with Gasteiger partial charge in [-0.3, -0.25) is 0 Å². The molecule has 3 fully saturated rings. The highest BCUT2D eigenvalue weighted by molar-refractivity contribution is 4.90. The monoisotopic (exact) mass is 223 g/mol. The molecule has 2 nitrogen and oxygen atoms in total. The first-order chi connectivity index (χ1) is 7.83. The molecule has 2 saturated carbocycles. The molecule has 0 spiro atoms. The Hall–Kier alpha value is -0.0800. The van der Waals surface area contributed by atoms with Crippen molar-refractivity contribution < 1.29 is 4.74 Å². The van der Waals surface area contributed by atoms with Crippen molar-refractivity contribution in [2.24, 2.45) is 11.8 Å². The molecule has 1 heterocycles. The summed E-state index contributed by atoms with van der Waals surface area (Å²) in [4.78, 5) is 0. The van der Waals surface area contributed by atoms with Gasteiger partial charge >= 0.3 is 0 Å². The molecule has 3 aliphatic rings. The Kier molecular flexibility index (Phi) is 3.21. The lowest BCUT2D eigenvalue weighted by Crippen LogP contribution is -2.44. The second-order valence-electron chi connectivity index (χ2n) is 6.10. The first-order valence-electron chi connectivity index (χ1n) is 7.20. The minimum atomic E-state index is 0.432. The Morgan fingerprint density at radius 1 is 1.00 bits per heavy atom. The van der Waals surface area contributed by atoms with E-state index in [9.17, 15) is 0 Å². The summed E-state index contributed by atoms with van der Waals surface area (Å²) >= 11 is 0. The van der Waals surface area contributed by atoms with E-state index >= 15 is 0 Å². The zero-order chi connectivity index (χ0) is 11.0. The molecule has 2 heteroatoms. The fourth-order valence-electron chi connectivity index (χ4n) is 3.63. The molecule has 0 radical (unpaired) electrons. The molecule has 0 aromatic heterocycles. The van der Waals surface area contributed by atoms with E-state index in [-0.39, 0.29) is 0 Å². The van der Waals surface area contributed by atoms with Crippen LogP contribution < -0.4 is 5.32 Å². The van der Waals surface area contributed by atoms with Crippen LogP contribution in [-0.2, 0) is 4.74 Å². The predicted molar refractivity (Wildman–Crippen MR) is 65.4 cm³/mol. The quantitative estimate of drug-likeness (QED) is 0.794. The third-order valence-electron chi connectivity index (χ3n) is 4.83. The van der Waals surface area contributed by atoms with Gasteiger partial charge in [-0.15, -0.1) is 0 Å². The Morgan fingerprint density at radius 2 is 1.88 bits per heavy atom. The molecule has 0 aromatic rings. The molecule has 2 aliphatic carbocycles. The van der Waals surface area contributed by atoms with Crippen LogP contribution in [0.1, 0.15) is 51.9 Å². The standard InChI is InChI=1S/C14H25NO/c1-10-14(7-8-16-10)15-13-4-2-3-12(9-13)11-5-6-11/h10-15H,2-9H2,1H3. The SMILES string of the molecule is CC1OCCC1NC1CCCC(C2CC2)C1. The fourth-order valence-corrected chi connectivity index (χ4v) is 3.63. The van der Waals surface area contributed by atoms with E-state index in [2.05, 4.69) is 12.2 Å². The molecule has 4 atom stereocenters. The topological polar surface area (TPSA) is 21.3 Å². The van der Waals surface area contributed by atoms with E-state index in [0.29, 0.717) is 12.1 Å². The van der Waals surface area contributed by atoms with Crippen LogP contribution in [0.3, 0.4) is 0 Å². The summed E-state index contributed by atoms with van der Waals surface area (Å²) in [5.74, 6) is 2.14. The van der Waals surface area contributed by atoms with Crippen LogP contribution in [0.4, 0.5) is 0 Å². The van der Waals surface area contributed by atoms with Crippen molar-refractivity contribution in [3.63, 3.8) is 0 Å². The third kappa shape index (κ3) is 2.43. The molecule has 92 valence electrons. The van der Waals surface area contributed by atoms with E-state index in [0.717, 1.165) is 24.5 Å². The van der Waals surface area contributed by atoms with Gasteiger partial charge < -0.3 is 10.1 Å². The maximum absolute atomic E-state index is 5.63. The summed E-state index contributed by atoms with van der Waals surface area (Å²) in [5.41, 5.74) is 0. The lowest BCUT2D eigenvalue weighted by atomic mass is 9.82. The number of rotatable bonds is 3. The highest BCUT2D eigenvalue weighted by Gasteiger charge is 2.36. The smallest absolute Gasteiger partial charge is 0.0700 e. The number of ether oxygens (including phenoxy) is 1. The predicted octanol–water partition coefficient (Wildman–Crippen LogP) is 2.72. The molecule has 3 rings (SSSR count). The zero-order valence-electron chi connectivity index (χ0n) is 10.5. The van der Waals surface area contributed by atoms with Crippen LogP contribution in [0.25, 0.3) is 0 Å². The van der Waals surface area contributed by atoms with Crippen LogP contribution in [0.5, 0.6) is 0 Å². The van der Waals surface area contributed by atoms with Gasteiger partial charge in [-0.05, 0) is 50.9 Å². The van der Waals surface area contributed by atoms with E-state index < -0.39 is 0 Å². The van der Waals surface area contributed by atoms with Gasteiger partial charge in [0.15, 0.2) is 0 Å². The van der Waals surface area contributed by atoms with Gasteiger partial charge in [0.05, 0.1) is 6.10 Å². The summed E-state index contributed by atoms with van der Waals surface area (Å²) in [6.07, 6.45) is 10.5. The lowest BCUT2D eigenvalue weighted by molar-refractivity contribution is 0.107. The minimum Gasteiger partial charge on any atom is -0.377 e. The largest absolute Gasteiger partial charge is 0.377 e. The summed E-state index contributed by atoms with van der Waals surface area (Å²) in [7, 11) is 0. The first-order valence-corrected chi connectivity index (χ1v) is 7.20. The van der Waals surface area contributed by atoms with Crippen LogP contribution in [0.15, 0.2) is 0 Å². The average Bonchev–Trinajstić information content (AvgIpc) is 3.06. The van der Waals surface area contributed by atoms with Crippen LogP contribution >= 0.6 is 0 Å². The summed E-state index contributed by atoms with van der Waals surface area (Å²) < 4.78 is 5.63. The van der Waals surface area contributed by atoms with Crippen molar-refractivity contribution in [3.05, 3.63) is 0 Å². The Morgan fingerprint density at radius 3 is 2.56 bits per heavy atom. The van der Waals surface area contributed by atoms with Gasteiger partial charge in [0, 0.05) is 18.7 Å². The number of hydrogen-bond donors (Lipinski definition) is 1. The van der Waals surface area contributed by atoms with Gasteiger partial charge in [-0.1, -0.05) is 12.8 Å². The van der Waals surface area contributed by atoms with Crippen LogP contribution in [0, 0.1) is 11.8 Å². The lowest BCUT2D eigenvalue weighted by Gasteiger charge is -2.32.